The number of hydrogen-bond donors (Lipinski definition) is 0. The highest BCUT2D eigenvalue weighted by molar-refractivity contribution is 14.0. The molecule has 0 spiro atoms. The molecule has 0 aliphatic carbocycles. The molecule has 0 fully saturated rings. The van der Waals surface area contributed by atoms with Crippen LogP contribution in [-0.2, 0) is 7.05 Å². The van der Waals surface area contributed by atoms with Gasteiger partial charge in [-0.2, -0.15) is 0 Å². The lowest BCUT2D eigenvalue weighted by Gasteiger charge is -2.20. The molecule has 0 amide bonds. The van der Waals surface area contributed by atoms with Crippen LogP contribution in [0.15, 0.2) is 48.7 Å². The van der Waals surface area contributed by atoms with E-state index in [-0.39, 0.29) is 24.0 Å². The van der Waals surface area contributed by atoms with Gasteiger partial charge in [0.25, 0.3) is 0 Å². The molecule has 0 aliphatic heterocycles. The van der Waals surface area contributed by atoms with E-state index in [2.05, 4.69) is 85.1 Å². The van der Waals surface area contributed by atoms with Crippen molar-refractivity contribution in [2.45, 2.75) is 13.8 Å². The van der Waals surface area contributed by atoms with E-state index in [1.165, 1.54) is 16.9 Å². The van der Waals surface area contributed by atoms with Gasteiger partial charge in [0.2, 0.25) is 5.69 Å². The second kappa shape index (κ2) is 8.82. The molecule has 0 bridgehead atoms. The number of pyridine rings is 1. The first-order valence-electron chi connectivity index (χ1n) is 7.22. The fraction of sp³-hybridized carbons (Fsp3) is 0.278. The Kier molecular flexibility index (Phi) is 7.43. The molecule has 0 saturated carbocycles. The molecule has 2 aromatic rings. The zero-order chi connectivity index (χ0) is 14.4. The molecule has 0 saturated heterocycles. The third kappa shape index (κ3) is 4.84. The monoisotopic (exact) mass is 395 g/mol. The van der Waals surface area contributed by atoms with Crippen LogP contribution in [0.4, 0.5) is 5.69 Å². The number of rotatable bonds is 5. The van der Waals surface area contributed by atoms with Crippen LogP contribution < -0.4 is 9.47 Å². The first-order chi connectivity index (χ1) is 9.74. The van der Waals surface area contributed by atoms with Gasteiger partial charge in [-0.05, 0) is 43.7 Å². The molecular formula is C18H24IN2+. The number of halogens is 1. The third-order valence-corrected chi connectivity index (χ3v) is 3.56. The van der Waals surface area contributed by atoms with Gasteiger partial charge < -0.3 is 4.90 Å². The maximum absolute atomic E-state index is 2.35. The zero-order valence-electron chi connectivity index (χ0n) is 13.0. The van der Waals surface area contributed by atoms with Crippen LogP contribution in [-0.4, -0.2) is 13.1 Å². The van der Waals surface area contributed by atoms with Gasteiger partial charge in [-0.25, -0.2) is 4.57 Å². The van der Waals surface area contributed by atoms with E-state index in [1.54, 1.807) is 0 Å². The van der Waals surface area contributed by atoms with Crippen LogP contribution in [0, 0.1) is 0 Å². The summed E-state index contributed by atoms with van der Waals surface area (Å²) in [7, 11) is 2.06. The average Bonchev–Trinajstić information content (AvgIpc) is 2.49. The van der Waals surface area contributed by atoms with Crippen molar-refractivity contribution in [1.29, 1.82) is 0 Å². The smallest absolute Gasteiger partial charge is 0.204 e. The lowest BCUT2D eigenvalue weighted by atomic mass is 10.1. The summed E-state index contributed by atoms with van der Waals surface area (Å²) in [6.45, 7) is 6.47. The molecular weight excluding hydrogens is 371 g/mol. The van der Waals surface area contributed by atoms with Crippen LogP contribution in [0.5, 0.6) is 0 Å². The highest BCUT2D eigenvalue weighted by atomic mass is 127. The molecule has 0 radical (unpaired) electrons. The molecule has 2 rings (SSSR count). The second-order valence-electron chi connectivity index (χ2n) is 4.83. The van der Waals surface area contributed by atoms with Crippen molar-refractivity contribution in [2.24, 2.45) is 7.05 Å². The Labute approximate surface area is 145 Å². The number of aromatic nitrogens is 1. The van der Waals surface area contributed by atoms with Crippen molar-refractivity contribution in [3.8, 4) is 0 Å². The van der Waals surface area contributed by atoms with Crippen LogP contribution >= 0.6 is 24.0 Å². The van der Waals surface area contributed by atoms with Crippen LogP contribution in [0.1, 0.15) is 25.1 Å². The summed E-state index contributed by atoms with van der Waals surface area (Å²) in [5, 5.41) is 0. The second-order valence-corrected chi connectivity index (χ2v) is 4.83. The summed E-state index contributed by atoms with van der Waals surface area (Å²) >= 11 is 0. The quantitative estimate of drug-likeness (QED) is 0.545. The first kappa shape index (κ1) is 17.7. The Morgan fingerprint density at radius 1 is 0.952 bits per heavy atom. The Morgan fingerprint density at radius 2 is 1.62 bits per heavy atom. The summed E-state index contributed by atoms with van der Waals surface area (Å²) in [5.74, 6) is 0. The minimum absolute atomic E-state index is 0. The largest absolute Gasteiger partial charge is 0.372 e. The fourth-order valence-electron chi connectivity index (χ4n) is 2.28. The van der Waals surface area contributed by atoms with E-state index in [1.807, 2.05) is 6.07 Å². The van der Waals surface area contributed by atoms with Crippen molar-refractivity contribution < 1.29 is 4.57 Å². The number of aryl methyl sites for hydroxylation is 1. The Bertz CT molecular complexity index is 572. The maximum atomic E-state index is 2.35. The molecule has 2 nitrogen and oxygen atoms in total. The predicted octanol–water partition coefficient (Wildman–Crippen LogP) is 4.15. The van der Waals surface area contributed by atoms with Gasteiger partial charge in [0, 0.05) is 37.0 Å². The Balaban J connectivity index is 0.00000220. The molecule has 1 heterocycles. The van der Waals surface area contributed by atoms with Crippen LogP contribution in [0.3, 0.4) is 0 Å². The van der Waals surface area contributed by atoms with E-state index >= 15 is 0 Å². The zero-order valence-corrected chi connectivity index (χ0v) is 15.3. The maximum Gasteiger partial charge on any atom is 0.204 e. The summed E-state index contributed by atoms with van der Waals surface area (Å²) in [4.78, 5) is 2.35. The normalized spacial score (nSPS) is 10.4. The van der Waals surface area contributed by atoms with E-state index in [9.17, 15) is 0 Å². The first-order valence-corrected chi connectivity index (χ1v) is 7.22. The number of benzene rings is 1. The molecule has 0 N–H and O–H groups in total. The molecule has 1 aromatic carbocycles. The minimum atomic E-state index is 0. The summed E-state index contributed by atoms with van der Waals surface area (Å²) in [5.41, 5.74) is 3.71. The van der Waals surface area contributed by atoms with Gasteiger partial charge in [-0.1, -0.05) is 12.1 Å². The number of hydrogen-bond acceptors (Lipinski definition) is 1. The van der Waals surface area contributed by atoms with Crippen LogP contribution in [0.2, 0.25) is 0 Å². The lowest BCUT2D eigenvalue weighted by Crippen LogP contribution is -2.30. The SMILES string of the molecule is CCN(CC)c1ccc(/C=C\c2cccc[n+]2C)cc1.I. The van der Waals surface area contributed by atoms with E-state index in [0.29, 0.717) is 0 Å². The predicted molar refractivity (Wildman–Crippen MR) is 102 cm³/mol. The molecule has 0 unspecified atom stereocenters. The number of anilines is 1. The van der Waals surface area contributed by atoms with E-state index in [0.717, 1.165) is 13.1 Å². The van der Waals surface area contributed by atoms with Crippen molar-refractivity contribution in [1.82, 2.24) is 0 Å². The highest BCUT2D eigenvalue weighted by Gasteiger charge is 2.01. The third-order valence-electron chi connectivity index (χ3n) is 3.56. The summed E-state index contributed by atoms with van der Waals surface area (Å²) < 4.78 is 2.11. The minimum Gasteiger partial charge on any atom is -0.372 e. The Morgan fingerprint density at radius 3 is 2.19 bits per heavy atom. The van der Waals surface area contributed by atoms with E-state index < -0.39 is 0 Å². The molecule has 0 aliphatic rings. The van der Waals surface area contributed by atoms with E-state index in [4.69, 9.17) is 0 Å². The molecule has 0 atom stereocenters. The summed E-state index contributed by atoms with van der Waals surface area (Å²) in [6, 6.07) is 14.9. The summed E-state index contributed by atoms with van der Waals surface area (Å²) in [6.07, 6.45) is 6.36. The molecule has 1 aromatic heterocycles. The van der Waals surface area contributed by atoms with Gasteiger partial charge in [-0.15, -0.1) is 24.0 Å². The van der Waals surface area contributed by atoms with Crippen molar-refractivity contribution >= 4 is 41.8 Å². The van der Waals surface area contributed by atoms with Gasteiger partial charge in [-0.3, -0.25) is 0 Å². The highest BCUT2D eigenvalue weighted by Crippen LogP contribution is 2.16. The topological polar surface area (TPSA) is 7.12 Å². The Hall–Kier alpha value is -1.36. The van der Waals surface area contributed by atoms with Gasteiger partial charge in [0.15, 0.2) is 6.20 Å². The van der Waals surface area contributed by atoms with Gasteiger partial charge >= 0.3 is 0 Å². The van der Waals surface area contributed by atoms with Crippen LogP contribution in [0.25, 0.3) is 12.2 Å². The standard InChI is InChI=1S/C18H23N2.HI/c1-4-20(5-2)18-13-10-16(11-14-18)9-12-17-8-6-7-15-19(17)3;/h6-15H,4-5H2,1-3H3;1H/q+1;. The fourth-order valence-corrected chi connectivity index (χ4v) is 2.28. The van der Waals surface area contributed by atoms with Crippen molar-refractivity contribution in [3.63, 3.8) is 0 Å². The average molecular weight is 395 g/mol. The van der Waals surface area contributed by atoms with Crippen molar-refractivity contribution in [3.05, 3.63) is 59.9 Å². The number of nitrogens with zero attached hydrogens (tertiary/aromatic N) is 2. The van der Waals surface area contributed by atoms with Crippen molar-refractivity contribution in [2.75, 3.05) is 18.0 Å². The lowest BCUT2D eigenvalue weighted by molar-refractivity contribution is -0.673. The molecule has 3 heteroatoms. The molecule has 21 heavy (non-hydrogen) atoms. The van der Waals surface area contributed by atoms with Gasteiger partial charge in [0.05, 0.1) is 0 Å². The van der Waals surface area contributed by atoms with Gasteiger partial charge in [0.1, 0.15) is 7.05 Å². The molecule has 112 valence electrons.